The lowest BCUT2D eigenvalue weighted by molar-refractivity contribution is -0.495. The predicted molar refractivity (Wildman–Crippen MR) is 93.7 cm³/mol. The summed E-state index contributed by atoms with van der Waals surface area (Å²) >= 11 is 3.49. The second kappa shape index (κ2) is 5.87. The number of hydrogen-bond acceptors (Lipinski definition) is 2. The van der Waals surface area contributed by atoms with Crippen molar-refractivity contribution in [2.75, 3.05) is 6.54 Å². The van der Waals surface area contributed by atoms with Gasteiger partial charge >= 0.3 is 11.6 Å². The van der Waals surface area contributed by atoms with Gasteiger partial charge in [-0.15, -0.1) is 0 Å². The fourth-order valence-electron chi connectivity index (χ4n) is 3.07. The second-order valence-corrected chi connectivity index (χ2v) is 6.69. The first kappa shape index (κ1) is 15.1. The van der Waals surface area contributed by atoms with Crippen LogP contribution in [0.5, 0.6) is 5.88 Å². The molecule has 24 heavy (non-hydrogen) atoms. The Bertz CT molecular complexity index is 977. The molecule has 0 bridgehead atoms. The van der Waals surface area contributed by atoms with Gasteiger partial charge in [0.05, 0.1) is 23.9 Å². The van der Waals surface area contributed by atoms with Crippen molar-refractivity contribution in [2.45, 2.75) is 13.0 Å². The maximum Gasteiger partial charge on any atom is 0.315 e. The first-order valence-electron chi connectivity index (χ1n) is 7.70. The summed E-state index contributed by atoms with van der Waals surface area (Å²) in [5, 5.41) is 15.7. The van der Waals surface area contributed by atoms with E-state index in [0.29, 0.717) is 25.2 Å². The Morgan fingerprint density at radius 2 is 2.00 bits per heavy atom. The minimum Gasteiger partial charge on any atom is -0.490 e. The molecule has 4 rings (SSSR count). The number of benzene rings is 2. The molecule has 0 radical (unpaired) electrons. The molecule has 1 aromatic heterocycles. The molecule has 0 fully saturated rings. The van der Waals surface area contributed by atoms with Gasteiger partial charge in [-0.05, 0) is 23.8 Å². The third kappa shape index (κ3) is 2.53. The number of fused-ring (bicyclic) bond motifs is 1. The van der Waals surface area contributed by atoms with Crippen molar-refractivity contribution in [3.8, 4) is 5.88 Å². The molecule has 120 valence electrons. The van der Waals surface area contributed by atoms with Crippen molar-refractivity contribution in [1.29, 1.82) is 0 Å². The quantitative estimate of drug-likeness (QED) is 0.688. The smallest absolute Gasteiger partial charge is 0.315 e. The van der Waals surface area contributed by atoms with Crippen LogP contribution in [0.3, 0.4) is 0 Å². The number of rotatable bonds is 3. The number of amides is 1. The van der Waals surface area contributed by atoms with Crippen LogP contribution in [0.1, 0.15) is 12.0 Å². The Morgan fingerprint density at radius 1 is 1.21 bits per heavy atom. The summed E-state index contributed by atoms with van der Waals surface area (Å²) in [7, 11) is 0. The van der Waals surface area contributed by atoms with Crippen molar-refractivity contribution in [3.05, 3.63) is 58.6 Å². The molecule has 2 aromatic carbocycles. The Hall–Kier alpha value is -2.47. The van der Waals surface area contributed by atoms with Crippen molar-refractivity contribution >= 4 is 38.4 Å². The molecule has 1 aliphatic rings. The third-order valence-electron chi connectivity index (χ3n) is 4.18. The number of nitrogens with zero attached hydrogens (tertiary/aromatic N) is 3. The van der Waals surface area contributed by atoms with E-state index in [9.17, 15) is 9.90 Å². The molecule has 2 heterocycles. The van der Waals surface area contributed by atoms with Crippen LogP contribution in [-0.4, -0.2) is 26.8 Å². The molecule has 0 saturated heterocycles. The van der Waals surface area contributed by atoms with Gasteiger partial charge in [0.1, 0.15) is 0 Å². The van der Waals surface area contributed by atoms with Crippen LogP contribution < -0.4 is 0 Å². The van der Waals surface area contributed by atoms with Gasteiger partial charge in [0.15, 0.2) is 6.54 Å². The zero-order chi connectivity index (χ0) is 16.7. The molecular weight excluding hydrogens is 370 g/mol. The van der Waals surface area contributed by atoms with Crippen molar-refractivity contribution in [2.24, 2.45) is 5.11 Å². The molecule has 1 aliphatic heterocycles. The maximum atomic E-state index is 11.5. The summed E-state index contributed by atoms with van der Waals surface area (Å²) in [6, 6.07) is 15.8. The summed E-state index contributed by atoms with van der Waals surface area (Å²) in [5.74, 6) is -0.0270. The average molecular weight is 385 g/mol. The van der Waals surface area contributed by atoms with E-state index in [0.717, 1.165) is 20.9 Å². The number of carbonyl (C=O) groups excluding carboxylic acids is 1. The normalized spacial score (nSPS) is 14.4. The summed E-state index contributed by atoms with van der Waals surface area (Å²) in [5.41, 5.74) is 2.58. The van der Waals surface area contributed by atoms with Crippen LogP contribution in [0.2, 0.25) is 0 Å². The maximum absolute atomic E-state index is 11.5. The molecule has 0 saturated carbocycles. The SMILES string of the molecule is O=C1CC[N+](c2c(O)n(Cc3ccccc3)c3cc(Br)ccc23)=N1. The lowest BCUT2D eigenvalue weighted by atomic mass is 10.2. The minimum absolute atomic E-state index is 0.130. The average Bonchev–Trinajstić information content (AvgIpc) is 3.11. The molecule has 1 N–H and O–H groups in total. The summed E-state index contributed by atoms with van der Waals surface area (Å²) < 4.78 is 4.39. The van der Waals surface area contributed by atoms with E-state index in [-0.39, 0.29) is 11.8 Å². The molecule has 0 unspecified atom stereocenters. The first-order chi connectivity index (χ1) is 11.6. The molecule has 5 nitrogen and oxygen atoms in total. The van der Waals surface area contributed by atoms with Crippen molar-refractivity contribution in [3.63, 3.8) is 0 Å². The predicted octanol–water partition coefficient (Wildman–Crippen LogP) is 4.18. The molecule has 0 aliphatic carbocycles. The monoisotopic (exact) mass is 384 g/mol. The highest BCUT2D eigenvalue weighted by molar-refractivity contribution is 9.10. The number of azo groups is 2. The molecule has 0 atom stereocenters. The van der Waals surface area contributed by atoms with E-state index in [1.807, 2.05) is 53.1 Å². The molecule has 6 heteroatoms. The highest BCUT2D eigenvalue weighted by Gasteiger charge is 2.32. The highest BCUT2D eigenvalue weighted by Crippen LogP contribution is 2.40. The lowest BCUT2D eigenvalue weighted by Crippen LogP contribution is -2.00. The van der Waals surface area contributed by atoms with E-state index < -0.39 is 0 Å². The number of aromatic hydroxyl groups is 1. The van der Waals surface area contributed by atoms with Crippen molar-refractivity contribution < 1.29 is 14.6 Å². The van der Waals surface area contributed by atoms with E-state index >= 15 is 0 Å². The van der Waals surface area contributed by atoms with Gasteiger partial charge in [0.2, 0.25) is 0 Å². The summed E-state index contributed by atoms with van der Waals surface area (Å²) in [4.78, 5) is 11.5. The standard InChI is InChI=1S/C18H14BrN3O2/c19-13-6-7-14-15(10-13)21(11-12-4-2-1-3-5-12)18(24)17(14)22-9-8-16(23)20-22/h1-7,10H,8-9,11H2/p+1. The van der Waals surface area contributed by atoms with Gasteiger partial charge < -0.3 is 9.67 Å². The molecule has 0 spiro atoms. The van der Waals surface area contributed by atoms with Crippen LogP contribution in [0.15, 0.2) is 58.1 Å². The number of carbonyl (C=O) groups is 1. The van der Waals surface area contributed by atoms with E-state index in [1.165, 1.54) is 0 Å². The van der Waals surface area contributed by atoms with Gasteiger partial charge in [0, 0.05) is 9.59 Å². The zero-order valence-electron chi connectivity index (χ0n) is 12.8. The second-order valence-electron chi connectivity index (χ2n) is 5.77. The Labute approximate surface area is 147 Å². The topological polar surface area (TPSA) is 57.6 Å². The first-order valence-corrected chi connectivity index (χ1v) is 8.49. The number of halogens is 1. The lowest BCUT2D eigenvalue weighted by Gasteiger charge is -2.06. The molecular formula is C18H15BrN3O2+. The largest absolute Gasteiger partial charge is 0.490 e. The number of aromatic nitrogens is 1. The van der Waals surface area contributed by atoms with Gasteiger partial charge in [-0.1, -0.05) is 51.0 Å². The van der Waals surface area contributed by atoms with Crippen LogP contribution in [-0.2, 0) is 11.3 Å². The molecule has 1 amide bonds. The minimum atomic E-state index is -0.157. The van der Waals surface area contributed by atoms with E-state index in [2.05, 4.69) is 21.0 Å². The van der Waals surface area contributed by atoms with Crippen LogP contribution in [0.4, 0.5) is 5.69 Å². The Kier molecular flexibility index (Phi) is 3.69. The van der Waals surface area contributed by atoms with Gasteiger partial charge in [-0.25, -0.2) is 0 Å². The Balaban J connectivity index is 1.93. The zero-order valence-corrected chi connectivity index (χ0v) is 14.4. The fourth-order valence-corrected chi connectivity index (χ4v) is 3.42. The van der Waals surface area contributed by atoms with E-state index in [1.54, 1.807) is 4.70 Å². The molecule has 3 aromatic rings. The van der Waals surface area contributed by atoms with Crippen LogP contribution in [0, 0.1) is 0 Å². The van der Waals surface area contributed by atoms with Gasteiger partial charge in [-0.3, -0.25) is 4.79 Å². The van der Waals surface area contributed by atoms with Crippen LogP contribution >= 0.6 is 15.9 Å². The van der Waals surface area contributed by atoms with Crippen molar-refractivity contribution in [1.82, 2.24) is 4.57 Å². The van der Waals surface area contributed by atoms with Gasteiger partial charge in [-0.2, -0.15) is 0 Å². The van der Waals surface area contributed by atoms with Crippen LogP contribution in [0.25, 0.3) is 10.9 Å². The van der Waals surface area contributed by atoms with E-state index in [4.69, 9.17) is 0 Å². The summed E-state index contributed by atoms with van der Waals surface area (Å²) in [6.45, 7) is 1.04. The highest BCUT2D eigenvalue weighted by atomic mass is 79.9. The Morgan fingerprint density at radius 3 is 2.71 bits per heavy atom. The fraction of sp³-hybridized carbons (Fsp3) is 0.167. The van der Waals surface area contributed by atoms with Gasteiger partial charge in [0.25, 0.3) is 5.88 Å². The summed E-state index contributed by atoms with van der Waals surface area (Å²) in [6.07, 6.45) is 0.376. The third-order valence-corrected chi connectivity index (χ3v) is 4.68. The number of hydrogen-bond donors (Lipinski definition) is 1.